The highest BCUT2D eigenvalue weighted by atomic mass is 35.5. The molecule has 0 fully saturated rings. The second-order valence-corrected chi connectivity index (χ2v) is 5.91. The average molecular weight is 292 g/mol. The van der Waals surface area contributed by atoms with Crippen LogP contribution < -0.4 is 5.32 Å². The summed E-state index contributed by atoms with van der Waals surface area (Å²) in [5.41, 5.74) is 2.32. The van der Waals surface area contributed by atoms with Crippen LogP contribution in [0.15, 0.2) is 30.5 Å². The fourth-order valence-corrected chi connectivity index (χ4v) is 2.35. The zero-order valence-electron chi connectivity index (χ0n) is 12.4. The molecule has 4 heteroatoms. The third-order valence-corrected chi connectivity index (χ3v) is 3.65. The topological polar surface area (TPSA) is 29.9 Å². The number of nitrogens with one attached hydrogen (secondary N) is 1. The van der Waals surface area contributed by atoms with Crippen LogP contribution in [0.1, 0.15) is 30.9 Å². The van der Waals surface area contributed by atoms with E-state index in [0.717, 1.165) is 36.0 Å². The van der Waals surface area contributed by atoms with E-state index in [1.165, 1.54) is 5.69 Å². The summed E-state index contributed by atoms with van der Waals surface area (Å²) in [6.45, 7) is 9.06. The maximum atomic E-state index is 6.24. The van der Waals surface area contributed by atoms with Crippen LogP contribution in [0.2, 0.25) is 5.02 Å². The molecule has 0 saturated carbocycles. The summed E-state index contributed by atoms with van der Waals surface area (Å²) >= 11 is 6.24. The number of nitrogens with zero attached hydrogens (tertiary/aromatic N) is 2. The zero-order valence-corrected chi connectivity index (χ0v) is 13.1. The molecule has 0 unspecified atom stereocenters. The molecule has 0 aliphatic rings. The molecule has 1 N–H and O–H groups in total. The Hall–Kier alpha value is -1.32. The van der Waals surface area contributed by atoms with E-state index in [1.54, 1.807) is 0 Å². The maximum Gasteiger partial charge on any atom is 0.106 e. The van der Waals surface area contributed by atoms with Crippen molar-refractivity contribution >= 4 is 11.6 Å². The first-order chi connectivity index (χ1) is 9.58. The number of hydrogen-bond donors (Lipinski definition) is 1. The molecule has 0 amide bonds. The fourth-order valence-electron chi connectivity index (χ4n) is 2.16. The molecule has 0 atom stereocenters. The van der Waals surface area contributed by atoms with E-state index in [-0.39, 0.29) is 0 Å². The van der Waals surface area contributed by atoms with Gasteiger partial charge in [-0.2, -0.15) is 0 Å². The Morgan fingerprint density at radius 3 is 2.75 bits per heavy atom. The molecule has 1 aromatic heterocycles. The highest BCUT2D eigenvalue weighted by Gasteiger charge is 2.09. The number of aryl methyl sites for hydroxylation is 1. The molecule has 1 aromatic carbocycles. The molecule has 3 nitrogen and oxygen atoms in total. The van der Waals surface area contributed by atoms with Gasteiger partial charge in [0.25, 0.3) is 0 Å². The number of rotatable bonds is 6. The number of aromatic nitrogens is 2. The lowest BCUT2D eigenvalue weighted by Crippen LogP contribution is -2.21. The van der Waals surface area contributed by atoms with Crippen molar-refractivity contribution in [2.75, 3.05) is 6.54 Å². The molecule has 0 aliphatic carbocycles. The molecule has 0 spiro atoms. The van der Waals surface area contributed by atoms with Gasteiger partial charge < -0.3 is 9.88 Å². The zero-order chi connectivity index (χ0) is 14.5. The van der Waals surface area contributed by atoms with E-state index in [0.29, 0.717) is 5.92 Å². The lowest BCUT2D eigenvalue weighted by Gasteiger charge is -2.13. The number of imidazole rings is 1. The fraction of sp³-hybridized carbons (Fsp3) is 0.438. The smallest absolute Gasteiger partial charge is 0.106 e. The van der Waals surface area contributed by atoms with Gasteiger partial charge in [0.2, 0.25) is 0 Å². The van der Waals surface area contributed by atoms with E-state index in [1.807, 2.05) is 31.3 Å². The van der Waals surface area contributed by atoms with E-state index in [4.69, 9.17) is 11.6 Å². The molecule has 2 rings (SSSR count). The third-order valence-electron chi connectivity index (χ3n) is 3.28. The molecule has 20 heavy (non-hydrogen) atoms. The van der Waals surface area contributed by atoms with Gasteiger partial charge in [-0.3, -0.25) is 0 Å². The van der Waals surface area contributed by atoms with Gasteiger partial charge in [0.05, 0.1) is 12.2 Å². The van der Waals surface area contributed by atoms with Crippen molar-refractivity contribution in [3.63, 3.8) is 0 Å². The third kappa shape index (κ3) is 3.84. The van der Waals surface area contributed by atoms with E-state index in [2.05, 4.69) is 34.8 Å². The summed E-state index contributed by atoms with van der Waals surface area (Å²) in [5, 5.41) is 4.27. The summed E-state index contributed by atoms with van der Waals surface area (Å²) in [4.78, 5) is 4.42. The molecular formula is C16H22ClN3. The Bertz CT molecular complexity index is 561. The van der Waals surface area contributed by atoms with Crippen LogP contribution in [-0.4, -0.2) is 16.1 Å². The molecule has 0 aliphatic heterocycles. The normalized spacial score (nSPS) is 11.2. The van der Waals surface area contributed by atoms with Gasteiger partial charge in [0.15, 0.2) is 0 Å². The van der Waals surface area contributed by atoms with E-state index in [9.17, 15) is 0 Å². The Labute approximate surface area is 126 Å². The standard InChI is InChI=1S/C16H22ClN3/c1-12(2)8-18-9-15-10-19-13(3)20(15)11-14-6-4-5-7-16(14)17/h4-7,10,12,18H,8-9,11H2,1-3H3. The van der Waals surface area contributed by atoms with Crippen LogP contribution in [0.4, 0.5) is 0 Å². The van der Waals surface area contributed by atoms with Crippen molar-refractivity contribution < 1.29 is 0 Å². The quantitative estimate of drug-likeness (QED) is 0.880. The van der Waals surface area contributed by atoms with E-state index >= 15 is 0 Å². The summed E-state index contributed by atoms with van der Waals surface area (Å²) in [6, 6.07) is 7.97. The largest absolute Gasteiger partial charge is 0.327 e. The lowest BCUT2D eigenvalue weighted by molar-refractivity contribution is 0.537. The first-order valence-corrected chi connectivity index (χ1v) is 7.41. The molecule has 2 aromatic rings. The summed E-state index contributed by atoms with van der Waals surface area (Å²) in [7, 11) is 0. The molecule has 1 heterocycles. The highest BCUT2D eigenvalue weighted by Crippen LogP contribution is 2.18. The van der Waals surface area contributed by atoms with Crippen molar-refractivity contribution in [3.8, 4) is 0 Å². The molecular weight excluding hydrogens is 270 g/mol. The average Bonchev–Trinajstić information content (AvgIpc) is 2.74. The molecule has 0 bridgehead atoms. The Morgan fingerprint density at radius 1 is 1.30 bits per heavy atom. The predicted molar refractivity (Wildman–Crippen MR) is 84.1 cm³/mol. The van der Waals surface area contributed by atoms with Crippen molar-refractivity contribution in [3.05, 3.63) is 52.6 Å². The van der Waals surface area contributed by atoms with Gasteiger partial charge in [0.1, 0.15) is 5.82 Å². The van der Waals surface area contributed by atoms with Gasteiger partial charge in [-0.05, 0) is 31.0 Å². The van der Waals surface area contributed by atoms with Gasteiger partial charge in [-0.15, -0.1) is 0 Å². The SMILES string of the molecule is Cc1ncc(CNCC(C)C)n1Cc1ccccc1Cl. The van der Waals surface area contributed by atoms with Crippen molar-refractivity contribution in [2.24, 2.45) is 5.92 Å². The van der Waals surface area contributed by atoms with E-state index < -0.39 is 0 Å². The Balaban J connectivity index is 2.11. The minimum atomic E-state index is 0.649. The van der Waals surface area contributed by atoms with Crippen molar-refractivity contribution in [1.29, 1.82) is 0 Å². The Morgan fingerprint density at radius 2 is 2.05 bits per heavy atom. The Kier molecular flexibility index (Phi) is 5.21. The summed E-state index contributed by atoms with van der Waals surface area (Å²) in [5.74, 6) is 1.67. The minimum Gasteiger partial charge on any atom is -0.327 e. The van der Waals surface area contributed by atoms with Crippen molar-refractivity contribution in [2.45, 2.75) is 33.9 Å². The monoisotopic (exact) mass is 291 g/mol. The predicted octanol–water partition coefficient (Wildman–Crippen LogP) is 3.64. The maximum absolute atomic E-state index is 6.24. The minimum absolute atomic E-state index is 0.649. The molecule has 0 saturated heterocycles. The second-order valence-electron chi connectivity index (χ2n) is 5.50. The van der Waals surface area contributed by atoms with Gasteiger partial charge in [-0.1, -0.05) is 43.6 Å². The first-order valence-electron chi connectivity index (χ1n) is 7.03. The van der Waals surface area contributed by atoms with Crippen LogP contribution in [0, 0.1) is 12.8 Å². The van der Waals surface area contributed by atoms with Crippen LogP contribution in [-0.2, 0) is 13.1 Å². The van der Waals surface area contributed by atoms with Crippen LogP contribution in [0.3, 0.4) is 0 Å². The number of halogens is 1. The lowest BCUT2D eigenvalue weighted by atomic mass is 10.2. The van der Waals surface area contributed by atoms with Gasteiger partial charge >= 0.3 is 0 Å². The van der Waals surface area contributed by atoms with Gasteiger partial charge in [-0.25, -0.2) is 4.98 Å². The van der Waals surface area contributed by atoms with Gasteiger partial charge in [0, 0.05) is 17.8 Å². The van der Waals surface area contributed by atoms with Crippen molar-refractivity contribution in [1.82, 2.24) is 14.9 Å². The second kappa shape index (κ2) is 6.91. The summed E-state index contributed by atoms with van der Waals surface area (Å²) in [6.07, 6.45) is 1.94. The molecule has 0 radical (unpaired) electrons. The summed E-state index contributed by atoms with van der Waals surface area (Å²) < 4.78 is 2.22. The highest BCUT2D eigenvalue weighted by molar-refractivity contribution is 6.31. The van der Waals surface area contributed by atoms with Crippen LogP contribution >= 0.6 is 11.6 Å². The molecule has 108 valence electrons. The van der Waals surface area contributed by atoms with Crippen LogP contribution in [0.25, 0.3) is 0 Å². The number of benzene rings is 1. The van der Waals surface area contributed by atoms with Crippen LogP contribution in [0.5, 0.6) is 0 Å². The first kappa shape index (κ1) is 15.1. The number of hydrogen-bond acceptors (Lipinski definition) is 2.